The largest absolute Gasteiger partial charge is 0.325 e. The maximum Gasteiger partial charge on any atom is 0.230 e. The van der Waals surface area contributed by atoms with Gasteiger partial charge in [0, 0.05) is 16.7 Å². The third kappa shape index (κ3) is 6.37. The Kier molecular flexibility index (Phi) is 9.57. The van der Waals surface area contributed by atoms with Crippen LogP contribution in [0.1, 0.15) is 91.4 Å². The molecule has 0 saturated heterocycles. The van der Waals surface area contributed by atoms with Crippen LogP contribution in [0.5, 0.6) is 0 Å². The normalized spacial score (nSPS) is 16.1. The second-order valence-corrected chi connectivity index (χ2v) is 9.35. The molecule has 0 heterocycles. The summed E-state index contributed by atoms with van der Waals surface area (Å²) in [4.78, 5) is 26.6. The van der Waals surface area contributed by atoms with Crippen LogP contribution in [0.15, 0.2) is 29.2 Å². The van der Waals surface area contributed by atoms with Crippen LogP contribution >= 0.6 is 11.8 Å². The van der Waals surface area contributed by atoms with Gasteiger partial charge in [-0.15, -0.1) is 0 Å². The van der Waals surface area contributed by atoms with E-state index in [0.717, 1.165) is 68.4 Å². The lowest BCUT2D eigenvalue weighted by Crippen LogP contribution is -2.39. The Morgan fingerprint density at radius 3 is 2.39 bits per heavy atom. The van der Waals surface area contributed by atoms with E-state index in [9.17, 15) is 9.59 Å². The Balaban J connectivity index is 2.15. The molecule has 1 aromatic carbocycles. The number of benzene rings is 1. The molecule has 1 aliphatic rings. The third-order valence-corrected chi connectivity index (χ3v) is 7.23. The van der Waals surface area contributed by atoms with Crippen molar-refractivity contribution < 1.29 is 9.59 Å². The first-order valence-corrected chi connectivity index (χ1v) is 12.0. The van der Waals surface area contributed by atoms with Crippen LogP contribution in [0.25, 0.3) is 0 Å². The molecule has 4 heteroatoms. The van der Waals surface area contributed by atoms with Crippen molar-refractivity contribution in [2.45, 2.75) is 96.3 Å². The fourth-order valence-corrected chi connectivity index (χ4v) is 5.16. The van der Waals surface area contributed by atoms with Gasteiger partial charge in [-0.1, -0.05) is 71.4 Å². The zero-order valence-corrected chi connectivity index (χ0v) is 18.7. The van der Waals surface area contributed by atoms with Crippen LogP contribution < -0.4 is 5.32 Å². The molecule has 1 aliphatic carbocycles. The molecule has 28 heavy (non-hydrogen) atoms. The molecule has 1 amide bonds. The molecule has 0 bridgehead atoms. The van der Waals surface area contributed by atoms with Crippen LogP contribution in [0.3, 0.4) is 0 Å². The van der Waals surface area contributed by atoms with E-state index in [2.05, 4.69) is 26.1 Å². The standard InChI is InChI=1S/C24H37NO2S/c1-4-7-15-22(26)28-21-14-10-9-13-20(21)25-23(27)24(16-11-8-12-17-24)18-19(5-2)6-3/h9-10,13-14,19H,4-8,11-12,15-18H2,1-3H3,(H,25,27). The lowest BCUT2D eigenvalue weighted by molar-refractivity contribution is -0.128. The molecule has 0 radical (unpaired) electrons. The first kappa shape index (κ1) is 23.0. The molecule has 0 spiro atoms. The van der Waals surface area contributed by atoms with Crippen molar-refractivity contribution in [3.8, 4) is 0 Å². The van der Waals surface area contributed by atoms with Crippen LogP contribution in [0, 0.1) is 11.3 Å². The Morgan fingerprint density at radius 1 is 1.07 bits per heavy atom. The second kappa shape index (κ2) is 11.6. The van der Waals surface area contributed by atoms with Gasteiger partial charge in [0.2, 0.25) is 5.91 Å². The SMILES string of the molecule is CCCCC(=O)Sc1ccccc1NC(=O)C1(CC(CC)CC)CCCCC1. The summed E-state index contributed by atoms with van der Waals surface area (Å²) in [6.07, 6.45) is 11.2. The van der Waals surface area contributed by atoms with Crippen LogP contribution in [-0.4, -0.2) is 11.0 Å². The Labute approximate surface area is 175 Å². The van der Waals surface area contributed by atoms with E-state index in [1.54, 1.807) is 0 Å². The second-order valence-electron chi connectivity index (χ2n) is 8.26. The van der Waals surface area contributed by atoms with E-state index in [1.165, 1.54) is 18.2 Å². The van der Waals surface area contributed by atoms with Crippen molar-refractivity contribution in [3.05, 3.63) is 24.3 Å². The summed E-state index contributed by atoms with van der Waals surface area (Å²) in [5.41, 5.74) is 0.538. The molecule has 2 rings (SSSR count). The quantitative estimate of drug-likeness (QED) is 0.420. The van der Waals surface area contributed by atoms with Gasteiger partial charge in [-0.05, 0) is 55.5 Å². The molecule has 1 N–H and O–H groups in total. The maximum atomic E-state index is 13.5. The Hall–Kier alpha value is -1.29. The highest BCUT2D eigenvalue weighted by molar-refractivity contribution is 8.13. The summed E-state index contributed by atoms with van der Waals surface area (Å²) < 4.78 is 0. The highest BCUT2D eigenvalue weighted by Crippen LogP contribution is 2.44. The van der Waals surface area contributed by atoms with Crippen LogP contribution in [0.4, 0.5) is 5.69 Å². The van der Waals surface area contributed by atoms with Gasteiger partial charge >= 0.3 is 0 Å². The highest BCUT2D eigenvalue weighted by Gasteiger charge is 2.40. The number of nitrogens with one attached hydrogen (secondary N) is 1. The predicted molar refractivity (Wildman–Crippen MR) is 120 cm³/mol. The smallest absolute Gasteiger partial charge is 0.230 e. The fraction of sp³-hybridized carbons (Fsp3) is 0.667. The first-order chi connectivity index (χ1) is 13.5. The third-order valence-electron chi connectivity index (χ3n) is 6.22. The molecular formula is C24H37NO2S. The Bertz CT molecular complexity index is 633. The van der Waals surface area contributed by atoms with Gasteiger partial charge in [0.15, 0.2) is 5.12 Å². The van der Waals surface area contributed by atoms with Crippen molar-refractivity contribution in [2.75, 3.05) is 5.32 Å². The van der Waals surface area contributed by atoms with Gasteiger partial charge in [-0.3, -0.25) is 9.59 Å². The number of carbonyl (C=O) groups excluding carboxylic acids is 2. The van der Waals surface area contributed by atoms with E-state index in [4.69, 9.17) is 0 Å². The van der Waals surface area contributed by atoms with Gasteiger partial charge in [0.25, 0.3) is 0 Å². The lowest BCUT2D eigenvalue weighted by Gasteiger charge is -2.38. The van der Waals surface area contributed by atoms with Crippen LogP contribution in [-0.2, 0) is 9.59 Å². The van der Waals surface area contributed by atoms with E-state index in [1.807, 2.05) is 24.3 Å². The minimum absolute atomic E-state index is 0.160. The topological polar surface area (TPSA) is 46.2 Å². The maximum absolute atomic E-state index is 13.5. The fourth-order valence-electron chi connectivity index (χ4n) is 4.29. The number of carbonyl (C=O) groups is 2. The highest BCUT2D eigenvalue weighted by atomic mass is 32.2. The van der Waals surface area contributed by atoms with Crippen molar-refractivity contribution >= 4 is 28.5 Å². The average Bonchev–Trinajstić information content (AvgIpc) is 2.72. The van der Waals surface area contributed by atoms with Crippen molar-refractivity contribution in [3.63, 3.8) is 0 Å². The Morgan fingerprint density at radius 2 is 1.75 bits per heavy atom. The summed E-state index contributed by atoms with van der Waals surface area (Å²) in [6, 6.07) is 7.75. The van der Waals surface area contributed by atoms with Gasteiger partial charge in [-0.25, -0.2) is 0 Å². The molecule has 1 aromatic rings. The van der Waals surface area contributed by atoms with Gasteiger partial charge in [0.05, 0.1) is 5.69 Å². The monoisotopic (exact) mass is 403 g/mol. The van der Waals surface area contributed by atoms with Crippen molar-refractivity contribution in [2.24, 2.45) is 11.3 Å². The van der Waals surface area contributed by atoms with Crippen molar-refractivity contribution in [1.82, 2.24) is 0 Å². The minimum atomic E-state index is -0.251. The molecule has 0 aromatic heterocycles. The predicted octanol–water partition coefficient (Wildman–Crippen LogP) is 7.21. The molecule has 0 unspecified atom stereocenters. The van der Waals surface area contributed by atoms with E-state index < -0.39 is 0 Å². The lowest BCUT2D eigenvalue weighted by atomic mass is 9.67. The van der Waals surface area contributed by atoms with E-state index in [-0.39, 0.29) is 16.4 Å². The molecule has 1 fully saturated rings. The molecule has 3 nitrogen and oxygen atoms in total. The molecule has 0 atom stereocenters. The first-order valence-electron chi connectivity index (χ1n) is 11.2. The zero-order chi connectivity index (χ0) is 20.4. The summed E-state index contributed by atoms with van der Waals surface area (Å²) in [7, 11) is 0. The van der Waals surface area contributed by atoms with E-state index >= 15 is 0 Å². The van der Waals surface area contributed by atoms with Gasteiger partial charge < -0.3 is 5.32 Å². The molecule has 1 saturated carbocycles. The van der Waals surface area contributed by atoms with Gasteiger partial charge in [0.1, 0.15) is 0 Å². The minimum Gasteiger partial charge on any atom is -0.325 e. The summed E-state index contributed by atoms with van der Waals surface area (Å²) >= 11 is 1.27. The number of unbranched alkanes of at least 4 members (excludes halogenated alkanes) is 1. The number of amides is 1. The molecule has 156 valence electrons. The number of thioether (sulfide) groups is 1. The van der Waals surface area contributed by atoms with Crippen LogP contribution in [0.2, 0.25) is 0 Å². The van der Waals surface area contributed by atoms with Gasteiger partial charge in [-0.2, -0.15) is 0 Å². The summed E-state index contributed by atoms with van der Waals surface area (Å²) in [6.45, 7) is 6.56. The zero-order valence-electron chi connectivity index (χ0n) is 17.9. The summed E-state index contributed by atoms with van der Waals surface area (Å²) in [5, 5.41) is 3.40. The number of hydrogen-bond acceptors (Lipinski definition) is 3. The van der Waals surface area contributed by atoms with E-state index in [0.29, 0.717) is 12.3 Å². The average molecular weight is 404 g/mol. The number of para-hydroxylation sites is 1. The molecular weight excluding hydrogens is 366 g/mol. The summed E-state index contributed by atoms with van der Waals surface area (Å²) in [5.74, 6) is 0.761. The molecule has 0 aliphatic heterocycles. The number of rotatable bonds is 10. The van der Waals surface area contributed by atoms with Crippen molar-refractivity contribution in [1.29, 1.82) is 0 Å². The number of anilines is 1. The number of hydrogen-bond donors (Lipinski definition) is 1.